The number of piperazine rings is 1. The van der Waals surface area contributed by atoms with E-state index < -0.39 is 0 Å². The van der Waals surface area contributed by atoms with E-state index in [-0.39, 0.29) is 5.91 Å². The molecule has 1 amide bonds. The molecule has 3 rings (SSSR count). The standard InChI is InChI=1S/C15H24N4O3/c1-13-14(10-16-22-13)11-17-2-4-19(5-3-17)15(20)12-18-6-8-21-9-7-18/h10H,2-9,11-12H2,1H3. The van der Waals surface area contributed by atoms with Gasteiger partial charge in [-0.3, -0.25) is 14.6 Å². The fraction of sp³-hybridized carbons (Fsp3) is 0.733. The molecule has 1 aromatic heterocycles. The van der Waals surface area contributed by atoms with Crippen molar-refractivity contribution in [3.8, 4) is 0 Å². The summed E-state index contributed by atoms with van der Waals surface area (Å²) >= 11 is 0. The van der Waals surface area contributed by atoms with Crippen molar-refractivity contribution in [2.24, 2.45) is 0 Å². The summed E-state index contributed by atoms with van der Waals surface area (Å²) in [6.07, 6.45) is 1.78. The summed E-state index contributed by atoms with van der Waals surface area (Å²) in [5, 5.41) is 3.81. The smallest absolute Gasteiger partial charge is 0.236 e. The van der Waals surface area contributed by atoms with Crippen LogP contribution >= 0.6 is 0 Å². The van der Waals surface area contributed by atoms with Crippen molar-refractivity contribution < 1.29 is 14.1 Å². The number of morpholine rings is 1. The summed E-state index contributed by atoms with van der Waals surface area (Å²) in [7, 11) is 0. The first kappa shape index (κ1) is 15.5. The molecule has 0 N–H and O–H groups in total. The average Bonchev–Trinajstić information content (AvgIpc) is 2.94. The number of hydrogen-bond acceptors (Lipinski definition) is 6. The fourth-order valence-electron chi connectivity index (χ4n) is 2.92. The van der Waals surface area contributed by atoms with Crippen LogP contribution in [0.5, 0.6) is 0 Å². The van der Waals surface area contributed by atoms with Gasteiger partial charge >= 0.3 is 0 Å². The van der Waals surface area contributed by atoms with Crippen LogP contribution in [0.4, 0.5) is 0 Å². The van der Waals surface area contributed by atoms with E-state index in [9.17, 15) is 4.79 Å². The lowest BCUT2D eigenvalue weighted by molar-refractivity contribution is -0.135. The highest BCUT2D eigenvalue weighted by atomic mass is 16.5. The van der Waals surface area contributed by atoms with Gasteiger partial charge in [-0.1, -0.05) is 5.16 Å². The number of carbonyl (C=O) groups is 1. The number of aryl methyl sites for hydroxylation is 1. The highest BCUT2D eigenvalue weighted by Crippen LogP contribution is 2.12. The summed E-state index contributed by atoms with van der Waals surface area (Å²) in [5.74, 6) is 1.12. The average molecular weight is 308 g/mol. The van der Waals surface area contributed by atoms with Crippen molar-refractivity contribution in [3.63, 3.8) is 0 Å². The lowest BCUT2D eigenvalue weighted by Crippen LogP contribution is -2.52. The van der Waals surface area contributed by atoms with Crippen molar-refractivity contribution in [1.82, 2.24) is 19.9 Å². The lowest BCUT2D eigenvalue weighted by atomic mass is 10.2. The molecular formula is C15H24N4O3. The van der Waals surface area contributed by atoms with Crippen molar-refractivity contribution in [2.45, 2.75) is 13.5 Å². The number of rotatable bonds is 4. The largest absolute Gasteiger partial charge is 0.379 e. The Balaban J connectivity index is 1.43. The molecule has 3 heterocycles. The van der Waals surface area contributed by atoms with Gasteiger partial charge in [-0.2, -0.15) is 0 Å². The van der Waals surface area contributed by atoms with E-state index in [1.807, 2.05) is 11.8 Å². The van der Waals surface area contributed by atoms with Gasteiger partial charge in [0.2, 0.25) is 5.91 Å². The Morgan fingerprint density at radius 3 is 2.50 bits per heavy atom. The zero-order valence-electron chi connectivity index (χ0n) is 13.2. The van der Waals surface area contributed by atoms with Crippen LogP contribution in [-0.4, -0.2) is 84.8 Å². The molecule has 2 saturated heterocycles. The summed E-state index contributed by atoms with van der Waals surface area (Å²) in [5.41, 5.74) is 1.13. The van der Waals surface area contributed by atoms with Gasteiger partial charge < -0.3 is 14.2 Å². The first-order valence-electron chi connectivity index (χ1n) is 7.93. The number of hydrogen-bond donors (Lipinski definition) is 0. The van der Waals surface area contributed by atoms with E-state index >= 15 is 0 Å². The quantitative estimate of drug-likeness (QED) is 0.778. The topological polar surface area (TPSA) is 62.1 Å². The number of carbonyl (C=O) groups excluding carboxylic acids is 1. The van der Waals surface area contributed by atoms with E-state index in [1.165, 1.54) is 0 Å². The SMILES string of the molecule is Cc1oncc1CN1CCN(C(=O)CN2CCOCC2)CC1. The number of nitrogens with zero attached hydrogens (tertiary/aromatic N) is 4. The van der Waals surface area contributed by atoms with Crippen molar-refractivity contribution in [1.29, 1.82) is 0 Å². The van der Waals surface area contributed by atoms with Gasteiger partial charge in [0.05, 0.1) is 26.0 Å². The zero-order chi connectivity index (χ0) is 15.4. The van der Waals surface area contributed by atoms with E-state index in [1.54, 1.807) is 6.20 Å². The molecule has 2 aliphatic rings. The second-order valence-electron chi connectivity index (χ2n) is 5.95. The Hall–Kier alpha value is -1.44. The van der Waals surface area contributed by atoms with Crippen LogP contribution in [0.1, 0.15) is 11.3 Å². The van der Waals surface area contributed by atoms with Crippen LogP contribution in [-0.2, 0) is 16.1 Å². The maximum absolute atomic E-state index is 12.3. The monoisotopic (exact) mass is 308 g/mol. The molecule has 0 aromatic carbocycles. The van der Waals surface area contributed by atoms with Crippen LogP contribution in [0.25, 0.3) is 0 Å². The second-order valence-corrected chi connectivity index (χ2v) is 5.95. The third kappa shape index (κ3) is 3.85. The molecule has 122 valence electrons. The summed E-state index contributed by atoms with van der Waals surface area (Å²) in [6.45, 7) is 9.90. The molecule has 0 unspecified atom stereocenters. The van der Waals surface area contributed by atoms with Crippen LogP contribution in [0.15, 0.2) is 10.7 Å². The van der Waals surface area contributed by atoms with Gasteiger partial charge in [-0.15, -0.1) is 0 Å². The molecule has 0 bridgehead atoms. The fourth-order valence-corrected chi connectivity index (χ4v) is 2.92. The van der Waals surface area contributed by atoms with Crippen LogP contribution in [0, 0.1) is 6.92 Å². The van der Waals surface area contributed by atoms with Gasteiger partial charge in [0.25, 0.3) is 0 Å². The Morgan fingerprint density at radius 1 is 1.14 bits per heavy atom. The first-order chi connectivity index (χ1) is 10.7. The maximum atomic E-state index is 12.3. The second kappa shape index (κ2) is 7.21. The maximum Gasteiger partial charge on any atom is 0.236 e. The third-order valence-corrected chi connectivity index (χ3v) is 4.43. The Morgan fingerprint density at radius 2 is 1.86 bits per heavy atom. The molecule has 22 heavy (non-hydrogen) atoms. The van der Waals surface area contributed by atoms with E-state index in [4.69, 9.17) is 9.26 Å². The molecule has 0 saturated carbocycles. The molecule has 0 atom stereocenters. The normalized spacial score (nSPS) is 21.2. The van der Waals surface area contributed by atoms with Gasteiger partial charge in [0.15, 0.2) is 0 Å². The molecule has 1 aromatic rings. The van der Waals surface area contributed by atoms with Crippen molar-refractivity contribution >= 4 is 5.91 Å². The Labute approximate surface area is 130 Å². The first-order valence-corrected chi connectivity index (χ1v) is 7.93. The lowest BCUT2D eigenvalue weighted by Gasteiger charge is -2.36. The summed E-state index contributed by atoms with van der Waals surface area (Å²) in [4.78, 5) is 18.8. The highest BCUT2D eigenvalue weighted by molar-refractivity contribution is 5.78. The van der Waals surface area contributed by atoms with Crippen LogP contribution in [0.2, 0.25) is 0 Å². The number of aromatic nitrogens is 1. The van der Waals surface area contributed by atoms with Crippen LogP contribution < -0.4 is 0 Å². The van der Waals surface area contributed by atoms with Crippen molar-refractivity contribution in [3.05, 3.63) is 17.5 Å². The predicted molar refractivity (Wildman–Crippen MR) is 80.4 cm³/mol. The van der Waals surface area contributed by atoms with E-state index in [0.717, 1.165) is 70.4 Å². The highest BCUT2D eigenvalue weighted by Gasteiger charge is 2.24. The molecule has 0 spiro atoms. The Kier molecular flexibility index (Phi) is 5.07. The third-order valence-electron chi connectivity index (χ3n) is 4.43. The Bertz CT molecular complexity index is 491. The molecular weight excluding hydrogens is 284 g/mol. The molecule has 7 nitrogen and oxygen atoms in total. The molecule has 7 heteroatoms. The van der Waals surface area contributed by atoms with Gasteiger partial charge in [-0.25, -0.2) is 0 Å². The number of ether oxygens (including phenoxy) is 1. The molecule has 0 aliphatic carbocycles. The minimum Gasteiger partial charge on any atom is -0.379 e. The zero-order valence-corrected chi connectivity index (χ0v) is 13.2. The minimum absolute atomic E-state index is 0.239. The molecule has 2 aliphatic heterocycles. The molecule has 2 fully saturated rings. The minimum atomic E-state index is 0.239. The summed E-state index contributed by atoms with van der Waals surface area (Å²) < 4.78 is 10.4. The van der Waals surface area contributed by atoms with Crippen LogP contribution in [0.3, 0.4) is 0 Å². The van der Waals surface area contributed by atoms with Gasteiger partial charge in [-0.05, 0) is 6.92 Å². The van der Waals surface area contributed by atoms with E-state index in [0.29, 0.717) is 6.54 Å². The summed E-state index contributed by atoms with van der Waals surface area (Å²) in [6, 6.07) is 0. The molecule has 0 radical (unpaired) electrons. The van der Waals surface area contributed by atoms with Crippen molar-refractivity contribution in [2.75, 3.05) is 59.0 Å². The van der Waals surface area contributed by atoms with Gasteiger partial charge in [0.1, 0.15) is 5.76 Å². The van der Waals surface area contributed by atoms with E-state index in [2.05, 4.69) is 15.0 Å². The predicted octanol–water partition coefficient (Wildman–Crippen LogP) is -0.0406. The van der Waals surface area contributed by atoms with Gasteiger partial charge in [0, 0.05) is 51.4 Å². The number of amides is 1.